The van der Waals surface area contributed by atoms with Crippen LogP contribution in [0.2, 0.25) is 0 Å². The van der Waals surface area contributed by atoms with Crippen LogP contribution >= 0.6 is 24.0 Å². The Labute approximate surface area is 199 Å². The largest absolute Gasteiger partial charge is 0.497 e. The molecule has 1 aromatic carbocycles. The number of methoxy groups -OCH3 is 1. The second-order valence-corrected chi connectivity index (χ2v) is 8.25. The van der Waals surface area contributed by atoms with Gasteiger partial charge in [-0.3, -0.25) is 9.89 Å². The third-order valence-electron chi connectivity index (χ3n) is 6.21. The average Bonchev–Trinajstić information content (AvgIpc) is 3.29. The van der Waals surface area contributed by atoms with Crippen LogP contribution in [-0.4, -0.2) is 75.2 Å². The van der Waals surface area contributed by atoms with Crippen LogP contribution in [0.5, 0.6) is 5.75 Å². The number of aliphatic imine (C=N–C) groups is 1. The number of likely N-dealkylation sites (tertiary alicyclic amines) is 2. The summed E-state index contributed by atoms with van der Waals surface area (Å²) in [6.45, 7) is 9.01. The second kappa shape index (κ2) is 13.4. The summed E-state index contributed by atoms with van der Waals surface area (Å²) in [7, 11) is 3.61. The van der Waals surface area contributed by atoms with Gasteiger partial charge in [-0.15, -0.1) is 24.0 Å². The molecule has 0 saturated carbocycles. The summed E-state index contributed by atoms with van der Waals surface area (Å²) in [5.41, 5.74) is 1.31. The molecule has 1 unspecified atom stereocenters. The lowest BCUT2D eigenvalue weighted by atomic mass is 10.0. The molecule has 6 nitrogen and oxygen atoms in total. The van der Waals surface area contributed by atoms with Gasteiger partial charge in [0.1, 0.15) is 5.75 Å². The average molecular weight is 530 g/mol. The van der Waals surface area contributed by atoms with Crippen LogP contribution in [-0.2, 0) is 0 Å². The molecule has 170 valence electrons. The van der Waals surface area contributed by atoms with E-state index < -0.39 is 0 Å². The summed E-state index contributed by atoms with van der Waals surface area (Å²) >= 11 is 0. The van der Waals surface area contributed by atoms with Gasteiger partial charge in [0, 0.05) is 32.7 Å². The van der Waals surface area contributed by atoms with E-state index >= 15 is 0 Å². The first-order valence-electron chi connectivity index (χ1n) is 11.3. The molecule has 0 radical (unpaired) electrons. The highest BCUT2D eigenvalue weighted by molar-refractivity contribution is 14.0. The fraction of sp³-hybridized carbons (Fsp3) is 0.696. The number of ether oxygens (including phenoxy) is 1. The van der Waals surface area contributed by atoms with Crippen LogP contribution in [0, 0.1) is 0 Å². The Morgan fingerprint density at radius 2 is 1.93 bits per heavy atom. The number of guanidine groups is 1. The van der Waals surface area contributed by atoms with Crippen molar-refractivity contribution in [2.24, 2.45) is 4.99 Å². The van der Waals surface area contributed by atoms with Gasteiger partial charge in [-0.2, -0.15) is 0 Å². The molecular formula is C23H40IN5O. The number of hydrogen-bond acceptors (Lipinski definition) is 4. The Bertz CT molecular complexity index is 642. The third kappa shape index (κ3) is 7.27. The zero-order chi connectivity index (χ0) is 20.5. The molecule has 2 saturated heterocycles. The van der Waals surface area contributed by atoms with E-state index in [-0.39, 0.29) is 24.0 Å². The van der Waals surface area contributed by atoms with E-state index in [1.807, 2.05) is 13.1 Å². The van der Waals surface area contributed by atoms with Crippen molar-refractivity contribution >= 4 is 29.9 Å². The predicted octanol–water partition coefficient (Wildman–Crippen LogP) is 3.49. The van der Waals surface area contributed by atoms with Gasteiger partial charge in [0.05, 0.1) is 13.2 Å². The Morgan fingerprint density at radius 3 is 2.57 bits per heavy atom. The highest BCUT2D eigenvalue weighted by Gasteiger charge is 2.25. The van der Waals surface area contributed by atoms with Crippen LogP contribution in [0.4, 0.5) is 0 Å². The maximum atomic E-state index is 5.46. The first-order valence-corrected chi connectivity index (χ1v) is 11.3. The number of nitrogens with zero attached hydrogens (tertiary/aromatic N) is 3. The molecule has 0 amide bonds. The number of halogens is 1. The lowest BCUT2D eigenvalue weighted by Crippen LogP contribution is -2.50. The summed E-state index contributed by atoms with van der Waals surface area (Å²) in [4.78, 5) is 9.65. The quantitative estimate of drug-likeness (QED) is 0.307. The minimum Gasteiger partial charge on any atom is -0.497 e. The number of hydrogen-bond donors (Lipinski definition) is 2. The monoisotopic (exact) mass is 529 g/mol. The Hall–Kier alpha value is -1.06. The molecule has 0 aliphatic carbocycles. The van der Waals surface area contributed by atoms with E-state index in [9.17, 15) is 0 Å². The summed E-state index contributed by atoms with van der Waals surface area (Å²) in [5.74, 6) is 1.85. The third-order valence-corrected chi connectivity index (χ3v) is 6.21. The van der Waals surface area contributed by atoms with Crippen molar-refractivity contribution in [1.29, 1.82) is 0 Å². The lowest BCUT2D eigenvalue weighted by Gasteiger charge is -2.33. The van der Waals surface area contributed by atoms with Gasteiger partial charge in [0.25, 0.3) is 0 Å². The molecule has 2 aliphatic heterocycles. The van der Waals surface area contributed by atoms with Crippen molar-refractivity contribution < 1.29 is 4.74 Å². The zero-order valence-electron chi connectivity index (χ0n) is 18.9. The minimum absolute atomic E-state index is 0. The number of nitrogens with one attached hydrogen (secondary N) is 2. The van der Waals surface area contributed by atoms with Gasteiger partial charge >= 0.3 is 0 Å². The Kier molecular flexibility index (Phi) is 11.2. The fourth-order valence-corrected chi connectivity index (χ4v) is 4.56. The Morgan fingerprint density at radius 1 is 1.20 bits per heavy atom. The van der Waals surface area contributed by atoms with Crippen LogP contribution in [0.3, 0.4) is 0 Å². The predicted molar refractivity (Wildman–Crippen MR) is 136 cm³/mol. The smallest absolute Gasteiger partial charge is 0.191 e. The number of piperidine rings is 1. The normalized spacial score (nSPS) is 19.9. The molecule has 2 fully saturated rings. The van der Waals surface area contributed by atoms with E-state index in [1.54, 1.807) is 7.11 Å². The number of benzene rings is 1. The molecule has 3 rings (SSSR count). The Balaban J connectivity index is 0.00000320. The topological polar surface area (TPSA) is 52.1 Å². The van der Waals surface area contributed by atoms with Gasteiger partial charge in [-0.1, -0.05) is 19.1 Å². The molecule has 0 bridgehead atoms. The minimum atomic E-state index is 0. The van der Waals surface area contributed by atoms with Crippen molar-refractivity contribution in [2.75, 3.05) is 53.4 Å². The van der Waals surface area contributed by atoms with Gasteiger partial charge in [0.15, 0.2) is 5.96 Å². The molecular weight excluding hydrogens is 489 g/mol. The molecule has 7 heteroatoms. The lowest BCUT2D eigenvalue weighted by molar-refractivity contribution is 0.206. The van der Waals surface area contributed by atoms with Crippen LogP contribution < -0.4 is 15.4 Å². The van der Waals surface area contributed by atoms with Gasteiger partial charge in [-0.25, -0.2) is 0 Å². The molecule has 2 aliphatic rings. The van der Waals surface area contributed by atoms with E-state index in [0.29, 0.717) is 12.1 Å². The molecule has 0 spiro atoms. The summed E-state index contributed by atoms with van der Waals surface area (Å²) in [6.07, 6.45) is 6.18. The van der Waals surface area contributed by atoms with Crippen molar-refractivity contribution in [3.05, 3.63) is 29.8 Å². The summed E-state index contributed by atoms with van der Waals surface area (Å²) in [6, 6.07) is 9.34. The molecule has 2 heterocycles. The highest BCUT2D eigenvalue weighted by Crippen LogP contribution is 2.27. The second-order valence-electron chi connectivity index (χ2n) is 8.25. The van der Waals surface area contributed by atoms with E-state index in [4.69, 9.17) is 4.74 Å². The molecule has 1 aromatic rings. The SMILES string of the molecule is CCCN1CCC(NC(=NC)NCC(c2cccc(OC)c2)N2CCCC2)CC1.I. The van der Waals surface area contributed by atoms with Crippen molar-refractivity contribution in [3.63, 3.8) is 0 Å². The van der Waals surface area contributed by atoms with Gasteiger partial charge < -0.3 is 20.3 Å². The van der Waals surface area contributed by atoms with Gasteiger partial charge in [-0.05, 0) is 69.4 Å². The first-order chi connectivity index (χ1) is 14.2. The van der Waals surface area contributed by atoms with Crippen molar-refractivity contribution in [1.82, 2.24) is 20.4 Å². The van der Waals surface area contributed by atoms with Crippen LogP contribution in [0.25, 0.3) is 0 Å². The van der Waals surface area contributed by atoms with E-state index in [2.05, 4.69) is 50.5 Å². The molecule has 1 atom stereocenters. The highest BCUT2D eigenvalue weighted by atomic mass is 127. The molecule has 0 aromatic heterocycles. The van der Waals surface area contributed by atoms with Crippen LogP contribution in [0.15, 0.2) is 29.3 Å². The standard InChI is InChI=1S/C23H39N5O.HI/c1-4-12-27-15-10-20(11-16-27)26-23(24-2)25-18-22(28-13-5-6-14-28)19-8-7-9-21(17-19)29-3;/h7-9,17,20,22H,4-6,10-16,18H2,1-3H3,(H2,24,25,26);1H. The summed E-state index contributed by atoms with van der Waals surface area (Å²) < 4.78 is 5.46. The fourth-order valence-electron chi connectivity index (χ4n) is 4.56. The van der Waals surface area contributed by atoms with E-state index in [1.165, 1.54) is 57.3 Å². The maximum Gasteiger partial charge on any atom is 0.191 e. The van der Waals surface area contributed by atoms with Crippen LogP contribution in [0.1, 0.15) is 50.6 Å². The van der Waals surface area contributed by atoms with Crippen molar-refractivity contribution in [2.45, 2.75) is 51.1 Å². The maximum absolute atomic E-state index is 5.46. The van der Waals surface area contributed by atoms with E-state index in [0.717, 1.165) is 31.3 Å². The molecule has 30 heavy (non-hydrogen) atoms. The number of rotatable bonds is 8. The molecule has 2 N–H and O–H groups in total. The van der Waals surface area contributed by atoms with Gasteiger partial charge in [0.2, 0.25) is 0 Å². The first kappa shape index (κ1) is 25.2. The summed E-state index contributed by atoms with van der Waals surface area (Å²) in [5, 5.41) is 7.27. The zero-order valence-corrected chi connectivity index (χ0v) is 21.2. The van der Waals surface area contributed by atoms with Crippen molar-refractivity contribution in [3.8, 4) is 5.75 Å².